The van der Waals surface area contributed by atoms with Crippen molar-refractivity contribution in [1.29, 1.82) is 0 Å². The van der Waals surface area contributed by atoms with E-state index in [9.17, 15) is 4.79 Å². The van der Waals surface area contributed by atoms with Gasteiger partial charge in [0, 0.05) is 17.0 Å². The molecule has 0 aliphatic rings. The van der Waals surface area contributed by atoms with E-state index in [0.29, 0.717) is 12.1 Å². The first-order chi connectivity index (χ1) is 6.59. The van der Waals surface area contributed by atoms with Crippen molar-refractivity contribution in [3.05, 3.63) is 42.0 Å². The highest BCUT2D eigenvalue weighted by molar-refractivity contribution is 7.80. The molecule has 1 aromatic carbocycles. The normalized spacial score (nSPS) is 9.57. The maximum atomic E-state index is 11.5. The van der Waals surface area contributed by atoms with Crippen LogP contribution in [0.15, 0.2) is 41.3 Å². The molecule has 14 heavy (non-hydrogen) atoms. The molecule has 1 aromatic rings. The zero-order valence-corrected chi connectivity index (χ0v) is 8.97. The highest BCUT2D eigenvalue weighted by Crippen LogP contribution is 2.07. The third-order valence-corrected chi connectivity index (χ3v) is 1.98. The Hall–Kier alpha value is -1.22. The van der Waals surface area contributed by atoms with Gasteiger partial charge in [-0.3, -0.25) is 4.79 Å². The van der Waals surface area contributed by atoms with Crippen molar-refractivity contribution in [3.63, 3.8) is 0 Å². The Morgan fingerprint density at radius 2 is 2.00 bits per heavy atom. The molecular weight excluding hydrogens is 194 g/mol. The van der Waals surface area contributed by atoms with Crippen LogP contribution in [0.4, 0.5) is 0 Å². The van der Waals surface area contributed by atoms with Gasteiger partial charge in [0.1, 0.15) is 0 Å². The largest absolute Gasteiger partial charge is 0.348 e. The average Bonchev–Trinajstić information content (AvgIpc) is 2.15. The minimum Gasteiger partial charge on any atom is -0.348 e. The van der Waals surface area contributed by atoms with Crippen molar-refractivity contribution in [2.24, 2.45) is 0 Å². The van der Waals surface area contributed by atoms with E-state index in [2.05, 4.69) is 24.5 Å². The number of nitrogens with one attached hydrogen (secondary N) is 1. The van der Waals surface area contributed by atoms with Crippen LogP contribution in [0.5, 0.6) is 0 Å². The van der Waals surface area contributed by atoms with Crippen molar-refractivity contribution in [2.75, 3.05) is 6.54 Å². The summed E-state index contributed by atoms with van der Waals surface area (Å²) in [5.41, 5.74) is 1.58. The van der Waals surface area contributed by atoms with Crippen molar-refractivity contribution in [3.8, 4) is 0 Å². The molecule has 0 aromatic heterocycles. The van der Waals surface area contributed by atoms with Gasteiger partial charge >= 0.3 is 0 Å². The van der Waals surface area contributed by atoms with Gasteiger partial charge < -0.3 is 5.32 Å². The van der Waals surface area contributed by atoms with Crippen LogP contribution >= 0.6 is 12.6 Å². The molecule has 74 valence electrons. The molecule has 1 rings (SSSR count). The predicted molar refractivity (Wildman–Crippen MR) is 60.8 cm³/mol. The Morgan fingerprint density at radius 1 is 1.43 bits per heavy atom. The molecule has 0 saturated heterocycles. The molecule has 0 radical (unpaired) electrons. The van der Waals surface area contributed by atoms with Crippen LogP contribution in [0.1, 0.15) is 17.3 Å². The van der Waals surface area contributed by atoms with Crippen LogP contribution in [0.25, 0.3) is 0 Å². The molecule has 0 aliphatic heterocycles. The van der Waals surface area contributed by atoms with Gasteiger partial charge in [-0.25, -0.2) is 0 Å². The molecule has 0 spiro atoms. The number of carbonyl (C=O) groups is 1. The van der Waals surface area contributed by atoms with Gasteiger partial charge in [0.15, 0.2) is 0 Å². The Morgan fingerprint density at radius 3 is 2.50 bits per heavy atom. The second-order valence-corrected chi connectivity index (χ2v) is 3.70. The van der Waals surface area contributed by atoms with Gasteiger partial charge in [0.2, 0.25) is 0 Å². The van der Waals surface area contributed by atoms with Crippen molar-refractivity contribution in [1.82, 2.24) is 5.32 Å². The number of amides is 1. The molecule has 0 saturated carbocycles. The Bertz CT molecular complexity index is 343. The quantitative estimate of drug-likeness (QED) is 0.578. The standard InChI is InChI=1S/C11H13NOS/c1-8(2)7-12-11(13)9-3-5-10(14)6-4-9/h3-6,14H,1,7H2,2H3,(H,12,13). The van der Waals surface area contributed by atoms with Crippen LogP contribution in [-0.4, -0.2) is 12.5 Å². The van der Waals surface area contributed by atoms with Crippen LogP contribution < -0.4 is 5.32 Å². The van der Waals surface area contributed by atoms with Crippen molar-refractivity contribution >= 4 is 18.5 Å². The Balaban J connectivity index is 2.61. The lowest BCUT2D eigenvalue weighted by Gasteiger charge is -2.04. The zero-order valence-electron chi connectivity index (χ0n) is 8.08. The van der Waals surface area contributed by atoms with E-state index < -0.39 is 0 Å². The fourth-order valence-corrected chi connectivity index (χ4v) is 1.10. The lowest BCUT2D eigenvalue weighted by atomic mass is 10.2. The van der Waals surface area contributed by atoms with E-state index in [-0.39, 0.29) is 5.91 Å². The highest BCUT2D eigenvalue weighted by Gasteiger charge is 2.03. The second kappa shape index (κ2) is 4.86. The topological polar surface area (TPSA) is 29.1 Å². The average molecular weight is 207 g/mol. The van der Waals surface area contributed by atoms with Crippen LogP contribution in [0.2, 0.25) is 0 Å². The minimum absolute atomic E-state index is 0.0821. The fraction of sp³-hybridized carbons (Fsp3) is 0.182. The zero-order chi connectivity index (χ0) is 10.6. The smallest absolute Gasteiger partial charge is 0.251 e. The van der Waals surface area contributed by atoms with Gasteiger partial charge in [0.05, 0.1) is 0 Å². The van der Waals surface area contributed by atoms with Crippen LogP contribution in [-0.2, 0) is 0 Å². The van der Waals surface area contributed by atoms with Crippen LogP contribution in [0.3, 0.4) is 0 Å². The van der Waals surface area contributed by atoms with Crippen LogP contribution in [0, 0.1) is 0 Å². The first kappa shape index (κ1) is 10.9. The lowest BCUT2D eigenvalue weighted by molar-refractivity contribution is 0.0957. The first-order valence-corrected chi connectivity index (χ1v) is 4.76. The van der Waals surface area contributed by atoms with E-state index in [1.807, 2.05) is 6.92 Å². The Kier molecular flexibility index (Phi) is 3.77. The predicted octanol–water partition coefficient (Wildman–Crippen LogP) is 2.28. The van der Waals surface area contributed by atoms with E-state index in [1.165, 1.54) is 0 Å². The molecule has 0 unspecified atom stereocenters. The molecule has 0 bridgehead atoms. The molecule has 3 heteroatoms. The number of hydrogen-bond donors (Lipinski definition) is 2. The summed E-state index contributed by atoms with van der Waals surface area (Å²) in [6.45, 7) is 6.10. The number of thiol groups is 1. The maximum Gasteiger partial charge on any atom is 0.251 e. The van der Waals surface area contributed by atoms with Crippen molar-refractivity contribution in [2.45, 2.75) is 11.8 Å². The van der Waals surface area contributed by atoms with E-state index in [1.54, 1.807) is 24.3 Å². The molecule has 2 nitrogen and oxygen atoms in total. The SMILES string of the molecule is C=C(C)CNC(=O)c1ccc(S)cc1. The lowest BCUT2D eigenvalue weighted by Crippen LogP contribution is -2.24. The molecule has 0 fully saturated rings. The van der Waals surface area contributed by atoms with Gasteiger partial charge in [-0.05, 0) is 31.2 Å². The summed E-state index contributed by atoms with van der Waals surface area (Å²) in [5, 5.41) is 2.75. The molecule has 0 aliphatic carbocycles. The summed E-state index contributed by atoms with van der Waals surface area (Å²) in [5.74, 6) is -0.0821. The summed E-state index contributed by atoms with van der Waals surface area (Å²) < 4.78 is 0. The third-order valence-electron chi connectivity index (χ3n) is 1.68. The van der Waals surface area contributed by atoms with E-state index in [0.717, 1.165) is 10.5 Å². The Labute approximate surface area is 89.4 Å². The third kappa shape index (κ3) is 3.26. The molecular formula is C11H13NOS. The second-order valence-electron chi connectivity index (χ2n) is 3.19. The number of benzene rings is 1. The van der Waals surface area contributed by atoms with Crippen molar-refractivity contribution < 1.29 is 4.79 Å². The van der Waals surface area contributed by atoms with Gasteiger partial charge in [-0.15, -0.1) is 12.6 Å². The summed E-state index contributed by atoms with van der Waals surface area (Å²) in [4.78, 5) is 12.3. The number of carbonyl (C=O) groups excluding carboxylic acids is 1. The summed E-state index contributed by atoms with van der Waals surface area (Å²) in [6.07, 6.45) is 0. The highest BCUT2D eigenvalue weighted by atomic mass is 32.1. The summed E-state index contributed by atoms with van der Waals surface area (Å²) in [6, 6.07) is 7.07. The fourth-order valence-electron chi connectivity index (χ4n) is 0.946. The van der Waals surface area contributed by atoms with E-state index in [4.69, 9.17) is 0 Å². The maximum absolute atomic E-state index is 11.5. The molecule has 1 N–H and O–H groups in total. The summed E-state index contributed by atoms with van der Waals surface area (Å²) in [7, 11) is 0. The van der Waals surface area contributed by atoms with Gasteiger partial charge in [-0.1, -0.05) is 12.2 Å². The molecule has 0 atom stereocenters. The summed E-state index contributed by atoms with van der Waals surface area (Å²) >= 11 is 4.14. The van der Waals surface area contributed by atoms with Gasteiger partial charge in [-0.2, -0.15) is 0 Å². The molecule has 0 heterocycles. The van der Waals surface area contributed by atoms with Gasteiger partial charge in [0.25, 0.3) is 5.91 Å². The number of hydrogen-bond acceptors (Lipinski definition) is 2. The number of rotatable bonds is 3. The van der Waals surface area contributed by atoms with E-state index >= 15 is 0 Å². The monoisotopic (exact) mass is 207 g/mol. The minimum atomic E-state index is -0.0821. The molecule has 1 amide bonds. The first-order valence-electron chi connectivity index (χ1n) is 4.31.